The lowest BCUT2D eigenvalue weighted by molar-refractivity contribution is 0.112. The fourth-order valence-electron chi connectivity index (χ4n) is 2.21. The van der Waals surface area contributed by atoms with Crippen LogP contribution >= 0.6 is 11.6 Å². The van der Waals surface area contributed by atoms with Gasteiger partial charge < -0.3 is 10.4 Å². The van der Waals surface area contributed by atoms with Crippen molar-refractivity contribution >= 4 is 23.7 Å². The van der Waals surface area contributed by atoms with Gasteiger partial charge in [-0.15, -0.1) is 0 Å². The molecule has 1 aliphatic carbocycles. The average molecular weight is 256 g/mol. The van der Waals surface area contributed by atoms with Crippen molar-refractivity contribution in [3.05, 3.63) is 17.0 Å². The number of hydrogen-bond donors (Lipinski definition) is 2. The van der Waals surface area contributed by atoms with Crippen LogP contribution in [0.15, 0.2) is 6.33 Å². The van der Waals surface area contributed by atoms with E-state index in [-0.39, 0.29) is 29.3 Å². The van der Waals surface area contributed by atoms with Gasteiger partial charge in [-0.05, 0) is 12.8 Å². The average Bonchev–Trinajstić information content (AvgIpc) is 2.77. The number of rotatable bonds is 4. The first-order chi connectivity index (χ1) is 8.26. The van der Waals surface area contributed by atoms with E-state index in [1.807, 2.05) is 0 Å². The molecule has 0 aromatic carbocycles. The summed E-state index contributed by atoms with van der Waals surface area (Å²) in [5.41, 5.74) is 0.276. The van der Waals surface area contributed by atoms with Crippen LogP contribution in [0.4, 0.5) is 5.82 Å². The summed E-state index contributed by atoms with van der Waals surface area (Å²) in [5, 5.41) is 12.6. The van der Waals surface area contributed by atoms with Crippen molar-refractivity contribution < 1.29 is 9.90 Å². The maximum Gasteiger partial charge on any atom is 0.156 e. The molecule has 0 saturated heterocycles. The van der Waals surface area contributed by atoms with Crippen LogP contribution in [0.2, 0.25) is 5.15 Å². The fraction of sp³-hybridized carbons (Fsp3) is 0.545. The number of aliphatic hydroxyl groups excluding tert-OH is 1. The summed E-state index contributed by atoms with van der Waals surface area (Å²) in [7, 11) is 0. The summed E-state index contributed by atoms with van der Waals surface area (Å²) in [4.78, 5) is 18.7. The Labute approximate surface area is 104 Å². The predicted octanol–water partition coefficient (Wildman–Crippen LogP) is 1.52. The van der Waals surface area contributed by atoms with Crippen molar-refractivity contribution in [1.82, 2.24) is 9.97 Å². The second-order valence-corrected chi connectivity index (χ2v) is 4.53. The molecule has 2 atom stereocenters. The number of aldehydes is 1. The molecular formula is C11H14ClN3O2. The first-order valence-corrected chi connectivity index (χ1v) is 5.97. The molecule has 0 amide bonds. The number of carbonyl (C=O) groups excluding carboxylic acids is 1. The lowest BCUT2D eigenvalue weighted by atomic mass is 10.1. The van der Waals surface area contributed by atoms with Gasteiger partial charge in [0.1, 0.15) is 17.3 Å². The number of aliphatic hydroxyl groups is 1. The van der Waals surface area contributed by atoms with E-state index in [2.05, 4.69) is 15.3 Å². The van der Waals surface area contributed by atoms with Gasteiger partial charge in [0.25, 0.3) is 0 Å². The molecular weight excluding hydrogens is 242 g/mol. The number of nitrogens with zero attached hydrogens (tertiary/aromatic N) is 2. The van der Waals surface area contributed by atoms with Crippen LogP contribution < -0.4 is 5.32 Å². The maximum absolute atomic E-state index is 10.9. The van der Waals surface area contributed by atoms with Crippen molar-refractivity contribution in [2.75, 3.05) is 11.9 Å². The Morgan fingerprint density at radius 1 is 1.53 bits per heavy atom. The van der Waals surface area contributed by atoms with Gasteiger partial charge >= 0.3 is 0 Å². The number of carbonyl (C=O) groups is 1. The largest absolute Gasteiger partial charge is 0.396 e. The summed E-state index contributed by atoms with van der Waals surface area (Å²) in [6.07, 6.45) is 4.99. The minimum Gasteiger partial charge on any atom is -0.396 e. The highest BCUT2D eigenvalue weighted by Crippen LogP contribution is 2.29. The van der Waals surface area contributed by atoms with Gasteiger partial charge in [-0.3, -0.25) is 4.79 Å². The molecule has 6 heteroatoms. The Morgan fingerprint density at radius 2 is 2.35 bits per heavy atom. The van der Waals surface area contributed by atoms with Crippen molar-refractivity contribution in [3.63, 3.8) is 0 Å². The molecule has 2 rings (SSSR count). The van der Waals surface area contributed by atoms with Crippen molar-refractivity contribution in [2.45, 2.75) is 25.3 Å². The lowest BCUT2D eigenvalue weighted by Gasteiger charge is -2.20. The predicted molar refractivity (Wildman–Crippen MR) is 64.3 cm³/mol. The van der Waals surface area contributed by atoms with Crippen LogP contribution in [0, 0.1) is 5.92 Å². The summed E-state index contributed by atoms with van der Waals surface area (Å²) >= 11 is 5.81. The number of hydrogen-bond acceptors (Lipinski definition) is 5. The molecule has 1 aromatic heterocycles. The van der Waals surface area contributed by atoms with Crippen LogP contribution in [-0.2, 0) is 0 Å². The van der Waals surface area contributed by atoms with Gasteiger partial charge in [0, 0.05) is 18.6 Å². The topological polar surface area (TPSA) is 75.1 Å². The standard InChI is InChI=1S/C11H14ClN3O2/c12-10-8(5-17)11(14-6-13-10)15-9-3-1-2-7(9)4-16/h5-7,9,16H,1-4H2,(H,13,14,15). The van der Waals surface area contributed by atoms with Crippen molar-refractivity contribution in [2.24, 2.45) is 5.92 Å². The number of nitrogens with one attached hydrogen (secondary N) is 1. The minimum atomic E-state index is 0.143. The quantitative estimate of drug-likeness (QED) is 0.630. The molecule has 1 fully saturated rings. The summed E-state index contributed by atoms with van der Waals surface area (Å²) in [6.45, 7) is 0.146. The van der Waals surface area contributed by atoms with Gasteiger partial charge in [0.2, 0.25) is 0 Å². The van der Waals surface area contributed by atoms with Crippen LogP contribution in [0.3, 0.4) is 0 Å². The van der Waals surface area contributed by atoms with E-state index < -0.39 is 0 Å². The zero-order chi connectivity index (χ0) is 12.3. The Hall–Kier alpha value is -1.20. The van der Waals surface area contributed by atoms with E-state index in [0.29, 0.717) is 12.1 Å². The highest BCUT2D eigenvalue weighted by molar-refractivity contribution is 6.32. The molecule has 5 nitrogen and oxygen atoms in total. The molecule has 92 valence electrons. The second kappa shape index (κ2) is 5.42. The molecule has 2 unspecified atom stereocenters. The van der Waals surface area contributed by atoms with E-state index in [4.69, 9.17) is 11.6 Å². The van der Waals surface area contributed by atoms with Gasteiger partial charge in [0.05, 0.1) is 5.56 Å². The normalized spacial score (nSPS) is 23.6. The van der Waals surface area contributed by atoms with Gasteiger partial charge in [-0.1, -0.05) is 18.0 Å². The minimum absolute atomic E-state index is 0.143. The molecule has 0 aliphatic heterocycles. The molecule has 1 saturated carbocycles. The van der Waals surface area contributed by atoms with E-state index in [1.165, 1.54) is 6.33 Å². The molecule has 1 aliphatic rings. The Morgan fingerprint density at radius 3 is 3.06 bits per heavy atom. The molecule has 0 spiro atoms. The van der Waals surface area contributed by atoms with Gasteiger partial charge in [0.15, 0.2) is 6.29 Å². The monoisotopic (exact) mass is 255 g/mol. The van der Waals surface area contributed by atoms with E-state index in [0.717, 1.165) is 19.3 Å². The van der Waals surface area contributed by atoms with Crippen LogP contribution in [0.25, 0.3) is 0 Å². The van der Waals surface area contributed by atoms with Crippen LogP contribution in [0.5, 0.6) is 0 Å². The number of halogens is 1. The number of aromatic nitrogens is 2. The Bertz CT molecular complexity index is 414. The van der Waals surface area contributed by atoms with E-state index in [9.17, 15) is 9.90 Å². The van der Waals surface area contributed by atoms with Gasteiger partial charge in [-0.25, -0.2) is 9.97 Å². The first-order valence-electron chi connectivity index (χ1n) is 5.59. The summed E-state index contributed by atoms with van der Waals surface area (Å²) in [5.74, 6) is 0.661. The SMILES string of the molecule is O=Cc1c(Cl)ncnc1NC1CCCC1CO. The third-order valence-corrected chi connectivity index (χ3v) is 3.47. The lowest BCUT2D eigenvalue weighted by Crippen LogP contribution is -2.27. The van der Waals surface area contributed by atoms with Crippen LogP contribution in [0.1, 0.15) is 29.6 Å². The highest BCUT2D eigenvalue weighted by atomic mass is 35.5. The van der Waals surface area contributed by atoms with E-state index in [1.54, 1.807) is 0 Å². The zero-order valence-corrected chi connectivity index (χ0v) is 10.0. The van der Waals surface area contributed by atoms with Crippen molar-refractivity contribution in [1.29, 1.82) is 0 Å². The molecule has 1 aromatic rings. The molecule has 1 heterocycles. The van der Waals surface area contributed by atoms with Crippen molar-refractivity contribution in [3.8, 4) is 0 Å². The highest BCUT2D eigenvalue weighted by Gasteiger charge is 2.27. The smallest absolute Gasteiger partial charge is 0.156 e. The summed E-state index contributed by atoms with van der Waals surface area (Å²) in [6, 6.07) is 0.143. The molecule has 0 radical (unpaired) electrons. The second-order valence-electron chi connectivity index (χ2n) is 4.17. The maximum atomic E-state index is 10.9. The zero-order valence-electron chi connectivity index (χ0n) is 9.27. The third kappa shape index (κ3) is 2.56. The molecule has 0 bridgehead atoms. The fourth-order valence-corrected chi connectivity index (χ4v) is 2.39. The Balaban J connectivity index is 2.18. The first kappa shape index (κ1) is 12.3. The van der Waals surface area contributed by atoms with E-state index >= 15 is 0 Å². The van der Waals surface area contributed by atoms with Gasteiger partial charge in [-0.2, -0.15) is 0 Å². The molecule has 17 heavy (non-hydrogen) atoms. The molecule has 2 N–H and O–H groups in total. The third-order valence-electron chi connectivity index (χ3n) is 3.17. The van der Waals surface area contributed by atoms with Crippen LogP contribution in [-0.4, -0.2) is 34.0 Å². The Kier molecular flexibility index (Phi) is 3.91. The number of anilines is 1. The summed E-state index contributed by atoms with van der Waals surface area (Å²) < 4.78 is 0.